The van der Waals surface area contributed by atoms with E-state index in [0.717, 1.165) is 10.8 Å². The lowest BCUT2D eigenvalue weighted by Gasteiger charge is -2.17. The van der Waals surface area contributed by atoms with Crippen LogP contribution in [0.5, 0.6) is 5.75 Å². The van der Waals surface area contributed by atoms with Crippen LogP contribution in [0.2, 0.25) is 10.0 Å². The second kappa shape index (κ2) is 7.12. The SMILES string of the molecule is O=C(O)[C@@H](Cc1cc(Cl)cc(Cl)c1)Oc1cccc2ccccc12. The van der Waals surface area contributed by atoms with Gasteiger partial charge in [0.05, 0.1) is 0 Å². The van der Waals surface area contributed by atoms with Crippen molar-refractivity contribution in [2.45, 2.75) is 12.5 Å². The van der Waals surface area contributed by atoms with E-state index in [2.05, 4.69) is 0 Å². The quantitative estimate of drug-likeness (QED) is 0.678. The van der Waals surface area contributed by atoms with Crippen molar-refractivity contribution in [3.05, 3.63) is 76.3 Å². The van der Waals surface area contributed by atoms with Gasteiger partial charge in [0.1, 0.15) is 5.75 Å². The molecule has 0 fully saturated rings. The van der Waals surface area contributed by atoms with Crippen molar-refractivity contribution in [1.29, 1.82) is 0 Å². The monoisotopic (exact) mass is 360 g/mol. The molecule has 0 radical (unpaired) electrons. The number of carboxylic acids is 1. The lowest BCUT2D eigenvalue weighted by atomic mass is 10.1. The zero-order valence-corrected chi connectivity index (χ0v) is 14.1. The van der Waals surface area contributed by atoms with Crippen LogP contribution in [0.1, 0.15) is 5.56 Å². The van der Waals surface area contributed by atoms with Gasteiger partial charge in [-0.2, -0.15) is 0 Å². The summed E-state index contributed by atoms with van der Waals surface area (Å²) in [5, 5.41) is 12.3. The van der Waals surface area contributed by atoms with Gasteiger partial charge >= 0.3 is 5.97 Å². The van der Waals surface area contributed by atoms with Crippen molar-refractivity contribution < 1.29 is 14.6 Å². The molecule has 0 aliphatic heterocycles. The first-order valence-electron chi connectivity index (χ1n) is 7.35. The van der Waals surface area contributed by atoms with Crippen LogP contribution < -0.4 is 4.74 Å². The van der Waals surface area contributed by atoms with Gasteiger partial charge < -0.3 is 9.84 Å². The third-order valence-corrected chi connectivity index (χ3v) is 4.07. The Kier molecular flexibility index (Phi) is 4.93. The molecule has 0 saturated carbocycles. The molecule has 0 saturated heterocycles. The van der Waals surface area contributed by atoms with Crippen molar-refractivity contribution in [3.8, 4) is 5.75 Å². The number of benzene rings is 3. The fourth-order valence-electron chi connectivity index (χ4n) is 2.57. The number of carboxylic acid groups (broad SMARTS) is 1. The van der Waals surface area contributed by atoms with Gasteiger partial charge in [0.15, 0.2) is 6.10 Å². The maximum atomic E-state index is 11.6. The third kappa shape index (κ3) is 3.81. The normalized spacial score (nSPS) is 12.1. The van der Waals surface area contributed by atoms with E-state index < -0.39 is 12.1 Å². The molecule has 0 amide bonds. The van der Waals surface area contributed by atoms with Gasteiger partial charge in [0.25, 0.3) is 0 Å². The van der Waals surface area contributed by atoms with E-state index in [1.165, 1.54) is 0 Å². The second-order valence-corrected chi connectivity index (χ2v) is 6.28. The highest BCUT2D eigenvalue weighted by Crippen LogP contribution is 2.27. The Balaban J connectivity index is 1.90. The Morgan fingerprint density at radius 2 is 1.67 bits per heavy atom. The molecule has 5 heteroatoms. The average molecular weight is 361 g/mol. The highest BCUT2D eigenvalue weighted by atomic mass is 35.5. The smallest absolute Gasteiger partial charge is 0.345 e. The number of ether oxygens (including phenoxy) is 1. The minimum Gasteiger partial charge on any atom is -0.478 e. The predicted octanol–water partition coefficient (Wildman–Crippen LogP) is 5.22. The van der Waals surface area contributed by atoms with Crippen LogP contribution in [0, 0.1) is 0 Å². The molecule has 3 rings (SSSR count). The summed E-state index contributed by atoms with van der Waals surface area (Å²) < 4.78 is 5.79. The molecule has 1 N–H and O–H groups in total. The Labute approximate surface area is 149 Å². The van der Waals surface area contributed by atoms with Crippen LogP contribution in [0.4, 0.5) is 0 Å². The number of aliphatic carboxylic acids is 1. The summed E-state index contributed by atoms with van der Waals surface area (Å²) in [5.41, 5.74) is 0.708. The average Bonchev–Trinajstić information content (AvgIpc) is 2.53. The predicted molar refractivity (Wildman–Crippen MR) is 96.2 cm³/mol. The van der Waals surface area contributed by atoms with E-state index in [1.807, 2.05) is 36.4 Å². The highest BCUT2D eigenvalue weighted by Gasteiger charge is 2.21. The molecule has 3 nitrogen and oxygen atoms in total. The van der Waals surface area contributed by atoms with Gasteiger partial charge in [-0.1, -0.05) is 59.6 Å². The number of carbonyl (C=O) groups is 1. The Bertz CT molecular complexity index is 867. The summed E-state index contributed by atoms with van der Waals surface area (Å²) in [5.74, 6) is -0.507. The Hall–Kier alpha value is -2.23. The zero-order valence-electron chi connectivity index (χ0n) is 12.6. The highest BCUT2D eigenvalue weighted by molar-refractivity contribution is 6.34. The molecular weight excluding hydrogens is 347 g/mol. The molecule has 24 heavy (non-hydrogen) atoms. The Morgan fingerprint density at radius 1 is 1.00 bits per heavy atom. The molecule has 0 spiro atoms. The Morgan fingerprint density at radius 3 is 2.38 bits per heavy atom. The number of hydrogen-bond donors (Lipinski definition) is 1. The first-order valence-corrected chi connectivity index (χ1v) is 8.11. The standard InChI is InChI=1S/C19H14Cl2O3/c20-14-8-12(9-15(21)11-14)10-18(19(22)23)24-17-7-3-5-13-4-1-2-6-16(13)17/h1-9,11,18H,10H2,(H,22,23)/t18-/m1/s1. The maximum absolute atomic E-state index is 11.6. The van der Waals surface area contributed by atoms with Crippen LogP contribution in [0.25, 0.3) is 10.8 Å². The second-order valence-electron chi connectivity index (χ2n) is 5.40. The molecule has 0 aliphatic carbocycles. The fraction of sp³-hybridized carbons (Fsp3) is 0.105. The summed E-state index contributed by atoms with van der Waals surface area (Å²) in [6.45, 7) is 0. The first-order chi connectivity index (χ1) is 11.5. The molecule has 0 unspecified atom stereocenters. The van der Waals surface area contributed by atoms with Crippen molar-refractivity contribution in [2.24, 2.45) is 0 Å². The van der Waals surface area contributed by atoms with E-state index >= 15 is 0 Å². The van der Waals surface area contributed by atoms with Gasteiger partial charge in [-0.25, -0.2) is 4.79 Å². The van der Waals surface area contributed by atoms with Crippen molar-refractivity contribution >= 4 is 39.9 Å². The van der Waals surface area contributed by atoms with Crippen LogP contribution in [0.3, 0.4) is 0 Å². The van der Waals surface area contributed by atoms with E-state index in [4.69, 9.17) is 27.9 Å². The van der Waals surface area contributed by atoms with Gasteiger partial charge in [-0.05, 0) is 35.2 Å². The number of fused-ring (bicyclic) bond motifs is 1. The molecular formula is C19H14Cl2O3. The zero-order chi connectivity index (χ0) is 17.1. The summed E-state index contributed by atoms with van der Waals surface area (Å²) in [4.78, 5) is 11.6. The van der Waals surface area contributed by atoms with Crippen LogP contribution in [0.15, 0.2) is 60.7 Å². The van der Waals surface area contributed by atoms with Gasteiger partial charge in [-0.3, -0.25) is 0 Å². The first kappa shape index (κ1) is 16.6. The fourth-order valence-corrected chi connectivity index (χ4v) is 3.15. The molecule has 0 heterocycles. The van der Waals surface area contributed by atoms with E-state index in [-0.39, 0.29) is 6.42 Å². The van der Waals surface area contributed by atoms with Gasteiger partial charge in [0.2, 0.25) is 0 Å². The largest absolute Gasteiger partial charge is 0.478 e. The molecule has 1 atom stereocenters. The number of halogens is 2. The molecule has 3 aromatic carbocycles. The van der Waals surface area contributed by atoms with Crippen LogP contribution in [-0.2, 0) is 11.2 Å². The maximum Gasteiger partial charge on any atom is 0.345 e. The van der Waals surface area contributed by atoms with E-state index in [9.17, 15) is 9.90 Å². The van der Waals surface area contributed by atoms with Crippen molar-refractivity contribution in [1.82, 2.24) is 0 Å². The topological polar surface area (TPSA) is 46.5 Å². The summed E-state index contributed by atoms with van der Waals surface area (Å²) in [6.07, 6.45) is -0.871. The molecule has 0 aliphatic rings. The van der Waals surface area contributed by atoms with Gasteiger partial charge in [0, 0.05) is 21.9 Å². The van der Waals surface area contributed by atoms with Crippen LogP contribution in [-0.4, -0.2) is 17.2 Å². The minimum absolute atomic E-state index is 0.166. The summed E-state index contributed by atoms with van der Waals surface area (Å²) in [7, 11) is 0. The molecule has 122 valence electrons. The lowest BCUT2D eigenvalue weighted by Crippen LogP contribution is -2.29. The van der Waals surface area contributed by atoms with Crippen molar-refractivity contribution in [3.63, 3.8) is 0 Å². The molecule has 3 aromatic rings. The molecule has 0 aromatic heterocycles. The summed E-state index contributed by atoms with van der Waals surface area (Å²) in [6, 6.07) is 18.2. The summed E-state index contributed by atoms with van der Waals surface area (Å²) >= 11 is 12.0. The van der Waals surface area contributed by atoms with Crippen molar-refractivity contribution in [2.75, 3.05) is 0 Å². The minimum atomic E-state index is -1.04. The van der Waals surface area contributed by atoms with Gasteiger partial charge in [-0.15, -0.1) is 0 Å². The van der Waals surface area contributed by atoms with E-state index in [1.54, 1.807) is 24.3 Å². The number of hydrogen-bond acceptors (Lipinski definition) is 2. The lowest BCUT2D eigenvalue weighted by molar-refractivity contribution is -0.144. The third-order valence-electron chi connectivity index (χ3n) is 3.64. The van der Waals surface area contributed by atoms with E-state index in [0.29, 0.717) is 21.4 Å². The van der Waals surface area contributed by atoms with Crippen LogP contribution >= 0.6 is 23.2 Å². The molecule has 0 bridgehead atoms. The number of rotatable bonds is 5.